The third-order valence-corrected chi connectivity index (χ3v) is 2.59. The first-order valence-electron chi connectivity index (χ1n) is 5.49. The average Bonchev–Trinajstić information content (AvgIpc) is 2.73. The van der Waals surface area contributed by atoms with Crippen LogP contribution in [0.1, 0.15) is 6.42 Å². The number of fused-ring (bicyclic) bond motifs is 1. The molecular formula is C13H13N3O. The molecule has 1 amide bonds. The summed E-state index contributed by atoms with van der Waals surface area (Å²) in [6.07, 6.45) is 1.92. The SMILES string of the molecule is N#CCC(=O)NCCn1ccc2ccccc21. The standard InChI is InChI=1S/C13H13N3O/c14-7-5-13(17)15-8-10-16-9-6-11-3-1-2-4-12(11)16/h1-4,6,9H,5,8,10H2,(H,15,17). The van der Waals surface area contributed by atoms with E-state index in [0.717, 1.165) is 5.52 Å². The number of benzene rings is 1. The normalized spacial score (nSPS) is 10.1. The molecule has 1 aromatic heterocycles. The maximum absolute atomic E-state index is 11.1. The van der Waals surface area contributed by atoms with Crippen molar-refractivity contribution in [3.63, 3.8) is 0 Å². The number of hydrogen-bond donors (Lipinski definition) is 1. The van der Waals surface area contributed by atoms with Crippen LogP contribution >= 0.6 is 0 Å². The number of aromatic nitrogens is 1. The van der Waals surface area contributed by atoms with Gasteiger partial charge in [0.1, 0.15) is 6.42 Å². The minimum absolute atomic E-state index is 0.0770. The highest BCUT2D eigenvalue weighted by molar-refractivity contribution is 5.80. The highest BCUT2D eigenvalue weighted by Crippen LogP contribution is 2.14. The van der Waals surface area contributed by atoms with Gasteiger partial charge in [0, 0.05) is 24.8 Å². The van der Waals surface area contributed by atoms with Gasteiger partial charge in [0.25, 0.3) is 0 Å². The summed E-state index contributed by atoms with van der Waals surface area (Å²) in [5.41, 5.74) is 1.15. The lowest BCUT2D eigenvalue weighted by atomic mass is 10.2. The average molecular weight is 227 g/mol. The summed E-state index contributed by atoms with van der Waals surface area (Å²) >= 11 is 0. The molecule has 2 aromatic rings. The van der Waals surface area contributed by atoms with Crippen LogP contribution < -0.4 is 5.32 Å². The van der Waals surface area contributed by atoms with Crippen molar-refractivity contribution in [2.45, 2.75) is 13.0 Å². The summed E-state index contributed by atoms with van der Waals surface area (Å²) in [5, 5.41) is 12.2. The zero-order valence-electron chi connectivity index (χ0n) is 9.39. The Labute approximate surface area is 99.5 Å². The van der Waals surface area contributed by atoms with Crippen LogP contribution in [0.5, 0.6) is 0 Å². The van der Waals surface area contributed by atoms with Crippen LogP contribution in [0.3, 0.4) is 0 Å². The number of rotatable bonds is 4. The third-order valence-electron chi connectivity index (χ3n) is 2.59. The molecule has 1 N–H and O–H groups in total. The largest absolute Gasteiger partial charge is 0.353 e. The fourth-order valence-corrected chi connectivity index (χ4v) is 1.79. The second-order valence-electron chi connectivity index (χ2n) is 3.75. The van der Waals surface area contributed by atoms with E-state index in [4.69, 9.17) is 5.26 Å². The van der Waals surface area contributed by atoms with Crippen molar-refractivity contribution in [3.8, 4) is 6.07 Å². The molecule has 0 spiro atoms. The molecule has 1 heterocycles. The second-order valence-corrected chi connectivity index (χ2v) is 3.75. The van der Waals surface area contributed by atoms with E-state index in [0.29, 0.717) is 13.1 Å². The monoisotopic (exact) mass is 227 g/mol. The molecule has 17 heavy (non-hydrogen) atoms. The predicted molar refractivity (Wildman–Crippen MR) is 65.2 cm³/mol. The number of nitrogens with zero attached hydrogens (tertiary/aromatic N) is 2. The van der Waals surface area contributed by atoms with Gasteiger partial charge in [-0.3, -0.25) is 4.79 Å². The molecule has 0 aliphatic carbocycles. The van der Waals surface area contributed by atoms with Gasteiger partial charge in [-0.2, -0.15) is 5.26 Å². The lowest BCUT2D eigenvalue weighted by Crippen LogP contribution is -2.26. The lowest BCUT2D eigenvalue weighted by Gasteiger charge is -2.06. The van der Waals surface area contributed by atoms with Crippen LogP contribution in [0.15, 0.2) is 36.5 Å². The number of carbonyl (C=O) groups is 1. The summed E-state index contributed by atoms with van der Waals surface area (Å²) in [6.45, 7) is 1.25. The van der Waals surface area contributed by atoms with E-state index in [1.165, 1.54) is 5.39 Å². The molecule has 0 unspecified atom stereocenters. The highest BCUT2D eigenvalue weighted by atomic mass is 16.1. The summed E-state index contributed by atoms with van der Waals surface area (Å²) < 4.78 is 2.09. The maximum atomic E-state index is 11.1. The first kappa shape index (κ1) is 11.2. The molecule has 2 rings (SSSR count). The Kier molecular flexibility index (Phi) is 3.41. The maximum Gasteiger partial charge on any atom is 0.234 e. The Morgan fingerprint density at radius 2 is 2.18 bits per heavy atom. The second kappa shape index (κ2) is 5.17. The van der Waals surface area contributed by atoms with E-state index in [-0.39, 0.29) is 12.3 Å². The molecule has 0 atom stereocenters. The molecule has 4 heteroatoms. The zero-order valence-corrected chi connectivity index (χ0v) is 9.39. The van der Waals surface area contributed by atoms with Crippen LogP contribution in [0.2, 0.25) is 0 Å². The quantitative estimate of drug-likeness (QED) is 0.863. The zero-order chi connectivity index (χ0) is 12.1. The van der Waals surface area contributed by atoms with Gasteiger partial charge in [0.05, 0.1) is 6.07 Å². The van der Waals surface area contributed by atoms with Crippen molar-refractivity contribution < 1.29 is 4.79 Å². The summed E-state index contributed by atoms with van der Waals surface area (Å²) in [6, 6.07) is 12.0. The van der Waals surface area contributed by atoms with Gasteiger partial charge in [-0.25, -0.2) is 0 Å². The molecule has 0 aliphatic heterocycles. The molecule has 4 nitrogen and oxygen atoms in total. The van der Waals surface area contributed by atoms with Crippen LogP contribution in [-0.2, 0) is 11.3 Å². The van der Waals surface area contributed by atoms with Gasteiger partial charge in [-0.05, 0) is 17.5 Å². The molecule has 0 radical (unpaired) electrons. The third kappa shape index (κ3) is 2.64. The minimum Gasteiger partial charge on any atom is -0.353 e. The smallest absolute Gasteiger partial charge is 0.234 e. The predicted octanol–water partition coefficient (Wildman–Crippen LogP) is 1.67. The molecule has 0 saturated heterocycles. The van der Waals surface area contributed by atoms with Crippen molar-refractivity contribution >= 4 is 16.8 Å². The lowest BCUT2D eigenvalue weighted by molar-refractivity contribution is -0.120. The van der Waals surface area contributed by atoms with E-state index in [9.17, 15) is 4.79 Å². The van der Waals surface area contributed by atoms with Gasteiger partial charge in [-0.15, -0.1) is 0 Å². The number of para-hydroxylation sites is 1. The number of nitriles is 1. The highest BCUT2D eigenvalue weighted by Gasteiger charge is 2.01. The number of hydrogen-bond acceptors (Lipinski definition) is 2. The van der Waals surface area contributed by atoms with E-state index in [1.54, 1.807) is 0 Å². The van der Waals surface area contributed by atoms with Gasteiger partial charge >= 0.3 is 0 Å². The molecule has 0 bridgehead atoms. The Morgan fingerprint density at radius 1 is 1.35 bits per heavy atom. The van der Waals surface area contributed by atoms with Gasteiger partial charge in [0.15, 0.2) is 0 Å². The summed E-state index contributed by atoms with van der Waals surface area (Å²) in [4.78, 5) is 11.1. The summed E-state index contributed by atoms with van der Waals surface area (Å²) in [5.74, 6) is -0.219. The Hall–Kier alpha value is -2.28. The van der Waals surface area contributed by atoms with Crippen molar-refractivity contribution in [2.24, 2.45) is 0 Å². The Morgan fingerprint density at radius 3 is 3.00 bits per heavy atom. The molecule has 0 aliphatic rings. The molecule has 0 saturated carbocycles. The van der Waals surface area contributed by atoms with Gasteiger partial charge < -0.3 is 9.88 Å². The molecule has 0 fully saturated rings. The van der Waals surface area contributed by atoms with E-state index < -0.39 is 0 Å². The number of amides is 1. The first-order chi connectivity index (χ1) is 8.31. The fraction of sp³-hybridized carbons (Fsp3) is 0.231. The van der Waals surface area contributed by atoms with Crippen LogP contribution in [0.25, 0.3) is 10.9 Å². The van der Waals surface area contributed by atoms with Crippen LogP contribution in [-0.4, -0.2) is 17.0 Å². The molecular weight excluding hydrogens is 214 g/mol. The summed E-state index contributed by atoms with van der Waals surface area (Å²) in [7, 11) is 0. The van der Waals surface area contributed by atoms with E-state index >= 15 is 0 Å². The fourth-order valence-electron chi connectivity index (χ4n) is 1.79. The van der Waals surface area contributed by atoms with Crippen LogP contribution in [0.4, 0.5) is 0 Å². The topological polar surface area (TPSA) is 57.8 Å². The Balaban J connectivity index is 1.96. The Bertz CT molecular complexity index is 565. The van der Waals surface area contributed by atoms with E-state index in [2.05, 4.69) is 16.0 Å². The number of carbonyl (C=O) groups excluding carboxylic acids is 1. The first-order valence-corrected chi connectivity index (χ1v) is 5.49. The minimum atomic E-state index is -0.219. The molecule has 1 aromatic carbocycles. The van der Waals surface area contributed by atoms with Gasteiger partial charge in [0.2, 0.25) is 5.91 Å². The van der Waals surface area contributed by atoms with E-state index in [1.807, 2.05) is 36.5 Å². The molecule has 86 valence electrons. The van der Waals surface area contributed by atoms with Crippen LogP contribution in [0, 0.1) is 11.3 Å². The van der Waals surface area contributed by atoms with Crippen molar-refractivity contribution in [1.29, 1.82) is 5.26 Å². The van der Waals surface area contributed by atoms with Gasteiger partial charge in [-0.1, -0.05) is 18.2 Å². The van der Waals surface area contributed by atoms with Crippen molar-refractivity contribution in [2.75, 3.05) is 6.54 Å². The van der Waals surface area contributed by atoms with Crippen molar-refractivity contribution in [1.82, 2.24) is 9.88 Å². The van der Waals surface area contributed by atoms with Crippen molar-refractivity contribution in [3.05, 3.63) is 36.5 Å². The number of nitrogens with one attached hydrogen (secondary N) is 1.